The van der Waals surface area contributed by atoms with Crippen LogP contribution in [-0.4, -0.2) is 40.3 Å². The third-order valence-corrected chi connectivity index (χ3v) is 4.61. The third-order valence-electron chi connectivity index (χ3n) is 4.61. The van der Waals surface area contributed by atoms with Crippen molar-refractivity contribution in [3.8, 4) is 5.75 Å². The van der Waals surface area contributed by atoms with E-state index in [1.165, 1.54) is 18.4 Å². The van der Waals surface area contributed by atoms with E-state index in [1.807, 2.05) is 12.1 Å². The molecule has 2 aliphatic rings. The smallest absolute Gasteiger partial charge is 0.115 e. The van der Waals surface area contributed by atoms with E-state index in [1.54, 1.807) is 6.07 Å². The average molecular weight is 261 g/mol. The Bertz CT molecular complexity index is 442. The lowest BCUT2D eigenvalue weighted by Gasteiger charge is -2.39. The first-order chi connectivity index (χ1) is 9.13. The van der Waals surface area contributed by atoms with Crippen LogP contribution in [0.3, 0.4) is 0 Å². The second-order valence-corrected chi connectivity index (χ2v) is 6.34. The summed E-state index contributed by atoms with van der Waals surface area (Å²) in [5.41, 5.74) is 0.828. The highest BCUT2D eigenvalue weighted by Crippen LogP contribution is 2.34. The molecule has 1 heterocycles. The van der Waals surface area contributed by atoms with E-state index in [4.69, 9.17) is 0 Å². The predicted molar refractivity (Wildman–Crippen MR) is 75.2 cm³/mol. The van der Waals surface area contributed by atoms with Gasteiger partial charge in [-0.2, -0.15) is 0 Å². The molecule has 1 aromatic carbocycles. The van der Waals surface area contributed by atoms with Gasteiger partial charge in [0.1, 0.15) is 5.75 Å². The monoisotopic (exact) mass is 261 g/mol. The summed E-state index contributed by atoms with van der Waals surface area (Å²) in [6.45, 7) is 3.04. The Morgan fingerprint density at radius 1 is 1.32 bits per heavy atom. The highest BCUT2D eigenvalue weighted by atomic mass is 16.3. The number of hydrogen-bond acceptors (Lipinski definition) is 3. The average Bonchev–Trinajstić information content (AvgIpc) is 2.74. The summed E-state index contributed by atoms with van der Waals surface area (Å²) in [5, 5.41) is 19.7. The van der Waals surface area contributed by atoms with Gasteiger partial charge in [0.05, 0.1) is 5.60 Å². The van der Waals surface area contributed by atoms with Crippen molar-refractivity contribution in [1.82, 2.24) is 4.90 Å². The van der Waals surface area contributed by atoms with Gasteiger partial charge in [0.2, 0.25) is 0 Å². The highest BCUT2D eigenvalue weighted by Gasteiger charge is 2.37. The summed E-state index contributed by atoms with van der Waals surface area (Å²) in [4.78, 5) is 2.41. The Hall–Kier alpha value is -1.06. The van der Waals surface area contributed by atoms with Crippen molar-refractivity contribution in [3.05, 3.63) is 29.8 Å². The van der Waals surface area contributed by atoms with Crippen LogP contribution in [0.4, 0.5) is 0 Å². The third kappa shape index (κ3) is 3.10. The van der Waals surface area contributed by atoms with Crippen LogP contribution in [0.1, 0.15) is 31.2 Å². The molecule has 0 bridgehead atoms. The molecule has 0 aromatic heterocycles. The maximum atomic E-state index is 10.2. The number of phenols is 1. The first kappa shape index (κ1) is 12.9. The Balaban J connectivity index is 1.51. The van der Waals surface area contributed by atoms with Crippen molar-refractivity contribution in [3.63, 3.8) is 0 Å². The highest BCUT2D eigenvalue weighted by molar-refractivity contribution is 5.27. The number of rotatable bonds is 4. The molecule has 1 atom stereocenters. The molecule has 1 aromatic rings. The number of likely N-dealkylation sites (tertiary alicyclic amines) is 1. The fourth-order valence-corrected chi connectivity index (χ4v) is 3.40. The van der Waals surface area contributed by atoms with E-state index in [0.717, 1.165) is 38.9 Å². The molecule has 1 aliphatic heterocycles. The molecule has 1 saturated heterocycles. The summed E-state index contributed by atoms with van der Waals surface area (Å²) in [6.07, 6.45) is 5.35. The van der Waals surface area contributed by atoms with Crippen LogP contribution in [0.5, 0.6) is 5.75 Å². The van der Waals surface area contributed by atoms with Crippen molar-refractivity contribution in [2.45, 2.75) is 37.7 Å². The zero-order valence-electron chi connectivity index (χ0n) is 11.4. The van der Waals surface area contributed by atoms with E-state index in [9.17, 15) is 10.2 Å². The van der Waals surface area contributed by atoms with Gasteiger partial charge in [-0.05, 0) is 62.3 Å². The minimum absolute atomic E-state index is 0.358. The Morgan fingerprint density at radius 2 is 2.16 bits per heavy atom. The summed E-state index contributed by atoms with van der Waals surface area (Å²) >= 11 is 0. The van der Waals surface area contributed by atoms with Crippen molar-refractivity contribution < 1.29 is 10.2 Å². The van der Waals surface area contributed by atoms with Crippen molar-refractivity contribution >= 4 is 0 Å². The number of β-amino-alcohol motifs (C(OH)–C–C–N with tert-alkyl or cyclic N) is 1. The zero-order valence-corrected chi connectivity index (χ0v) is 11.4. The molecule has 1 unspecified atom stereocenters. The minimum Gasteiger partial charge on any atom is -0.508 e. The molecule has 2 fully saturated rings. The Labute approximate surface area is 114 Å². The number of aromatic hydroxyl groups is 1. The maximum Gasteiger partial charge on any atom is 0.115 e. The molecule has 0 amide bonds. The first-order valence-corrected chi connectivity index (χ1v) is 7.36. The molecular formula is C16H23NO2. The molecule has 19 heavy (non-hydrogen) atoms. The molecule has 2 N–H and O–H groups in total. The van der Waals surface area contributed by atoms with Crippen LogP contribution in [0.15, 0.2) is 24.3 Å². The van der Waals surface area contributed by atoms with Crippen LogP contribution in [0, 0.1) is 5.92 Å². The first-order valence-electron chi connectivity index (χ1n) is 7.36. The normalized spacial score (nSPS) is 26.3. The molecule has 3 heteroatoms. The molecule has 1 aliphatic carbocycles. The molecule has 1 saturated carbocycles. The fourth-order valence-electron chi connectivity index (χ4n) is 3.40. The molecule has 104 valence electrons. The van der Waals surface area contributed by atoms with Crippen LogP contribution >= 0.6 is 0 Å². The Morgan fingerprint density at radius 3 is 2.84 bits per heavy atom. The minimum atomic E-state index is -0.389. The lowest BCUT2D eigenvalue weighted by molar-refractivity contribution is -0.0553. The largest absolute Gasteiger partial charge is 0.508 e. The molecule has 3 rings (SSSR count). The number of phenolic OH excluding ortho intramolecular Hbond substituents is 1. The Kier molecular flexibility index (Phi) is 3.50. The van der Waals surface area contributed by atoms with Crippen LogP contribution in [0.2, 0.25) is 0 Å². The van der Waals surface area contributed by atoms with Gasteiger partial charge in [-0.25, -0.2) is 0 Å². The van der Waals surface area contributed by atoms with Crippen molar-refractivity contribution in [2.75, 3.05) is 19.6 Å². The summed E-state index contributed by atoms with van der Waals surface area (Å²) in [7, 11) is 0. The van der Waals surface area contributed by atoms with E-state index >= 15 is 0 Å². The maximum absolute atomic E-state index is 10.2. The second kappa shape index (κ2) is 5.14. The lowest BCUT2D eigenvalue weighted by atomic mass is 9.80. The van der Waals surface area contributed by atoms with E-state index in [2.05, 4.69) is 11.0 Å². The number of benzene rings is 1. The second-order valence-electron chi connectivity index (χ2n) is 6.34. The van der Waals surface area contributed by atoms with Gasteiger partial charge in [0.25, 0.3) is 0 Å². The van der Waals surface area contributed by atoms with Crippen LogP contribution in [-0.2, 0) is 6.42 Å². The van der Waals surface area contributed by atoms with Crippen molar-refractivity contribution in [2.24, 2.45) is 5.92 Å². The standard InChI is InChI=1S/C16H23NO2/c18-15-4-1-3-13(10-15)9-14-5-8-17(11-14)12-16(19)6-2-7-16/h1,3-4,10,14,18-19H,2,5-9,11-12H2. The quantitative estimate of drug-likeness (QED) is 0.873. The number of hydrogen-bond donors (Lipinski definition) is 2. The SMILES string of the molecule is Oc1cccc(CC2CCN(CC3(O)CCC3)C2)c1. The summed E-state index contributed by atoms with van der Waals surface area (Å²) in [6, 6.07) is 7.58. The topological polar surface area (TPSA) is 43.7 Å². The summed E-state index contributed by atoms with van der Waals surface area (Å²) < 4.78 is 0. The number of aliphatic hydroxyl groups is 1. The van der Waals surface area contributed by atoms with Gasteiger partial charge in [-0.1, -0.05) is 12.1 Å². The van der Waals surface area contributed by atoms with Crippen LogP contribution in [0.25, 0.3) is 0 Å². The van der Waals surface area contributed by atoms with E-state index in [0.29, 0.717) is 11.7 Å². The summed E-state index contributed by atoms with van der Waals surface area (Å²) in [5.74, 6) is 1.02. The molecule has 0 radical (unpaired) electrons. The van der Waals surface area contributed by atoms with E-state index < -0.39 is 0 Å². The van der Waals surface area contributed by atoms with Gasteiger partial charge in [-0.3, -0.25) is 0 Å². The van der Waals surface area contributed by atoms with Gasteiger partial charge in [0.15, 0.2) is 0 Å². The fraction of sp³-hybridized carbons (Fsp3) is 0.625. The van der Waals surface area contributed by atoms with Gasteiger partial charge in [0, 0.05) is 13.1 Å². The molecular weight excluding hydrogens is 238 g/mol. The van der Waals surface area contributed by atoms with Gasteiger partial charge in [-0.15, -0.1) is 0 Å². The zero-order chi connectivity index (χ0) is 13.3. The van der Waals surface area contributed by atoms with Gasteiger partial charge < -0.3 is 15.1 Å². The van der Waals surface area contributed by atoms with Gasteiger partial charge >= 0.3 is 0 Å². The number of nitrogens with zero attached hydrogens (tertiary/aromatic N) is 1. The van der Waals surface area contributed by atoms with E-state index in [-0.39, 0.29) is 5.60 Å². The molecule has 3 nitrogen and oxygen atoms in total. The van der Waals surface area contributed by atoms with Crippen LogP contribution < -0.4 is 0 Å². The van der Waals surface area contributed by atoms with Crippen molar-refractivity contribution in [1.29, 1.82) is 0 Å². The molecule has 0 spiro atoms. The predicted octanol–water partition coefficient (Wildman–Crippen LogP) is 2.17. The lowest BCUT2D eigenvalue weighted by Crippen LogP contribution is -2.47.